The SMILES string of the molecule is C.CCCCCCCCC. The van der Waals surface area contributed by atoms with Crippen LogP contribution in [-0.4, -0.2) is 0 Å². The normalized spacial score (nSPS) is 9.00. The van der Waals surface area contributed by atoms with Crippen LogP contribution in [0.3, 0.4) is 0 Å². The summed E-state index contributed by atoms with van der Waals surface area (Å²) < 4.78 is 0. The monoisotopic (exact) mass is 144 g/mol. The number of unbranched alkanes of at least 4 members (excludes halogenated alkanes) is 6. The van der Waals surface area contributed by atoms with Gasteiger partial charge in [0.25, 0.3) is 0 Å². The van der Waals surface area contributed by atoms with Gasteiger partial charge in [-0.15, -0.1) is 0 Å². The zero-order chi connectivity index (χ0) is 6.95. The summed E-state index contributed by atoms with van der Waals surface area (Å²) in [7, 11) is 0. The third-order valence-corrected chi connectivity index (χ3v) is 1.71. The molecular formula is C10H24. The lowest BCUT2D eigenvalue weighted by Gasteiger charge is -1.96. The summed E-state index contributed by atoms with van der Waals surface area (Å²) in [5, 5.41) is 0. The summed E-state index contributed by atoms with van der Waals surface area (Å²) in [6.07, 6.45) is 9.97. The first-order valence-electron chi connectivity index (χ1n) is 4.41. The van der Waals surface area contributed by atoms with Crippen molar-refractivity contribution in [2.45, 2.75) is 66.2 Å². The van der Waals surface area contributed by atoms with Gasteiger partial charge in [0.2, 0.25) is 0 Å². The van der Waals surface area contributed by atoms with Crippen molar-refractivity contribution in [2.24, 2.45) is 0 Å². The molecule has 0 heteroatoms. The van der Waals surface area contributed by atoms with E-state index < -0.39 is 0 Å². The fourth-order valence-electron chi connectivity index (χ4n) is 1.03. The largest absolute Gasteiger partial charge is 0.0776 e. The molecular weight excluding hydrogens is 120 g/mol. The Bertz CT molecular complexity index is 33.3. The van der Waals surface area contributed by atoms with Gasteiger partial charge in [-0.3, -0.25) is 0 Å². The van der Waals surface area contributed by atoms with Gasteiger partial charge in [0, 0.05) is 0 Å². The average Bonchev–Trinajstić information content (AvgIpc) is 1.89. The molecule has 0 spiro atoms. The standard InChI is InChI=1S/C9H20.CH4/c1-3-5-7-9-8-6-4-2;/h3-9H2,1-2H3;1H4. The van der Waals surface area contributed by atoms with Gasteiger partial charge in [-0.1, -0.05) is 66.2 Å². The van der Waals surface area contributed by atoms with Crippen LogP contribution in [0.15, 0.2) is 0 Å². The third kappa shape index (κ3) is 10.9. The van der Waals surface area contributed by atoms with Gasteiger partial charge in [0.1, 0.15) is 0 Å². The fraction of sp³-hybridized carbons (Fsp3) is 1.00. The van der Waals surface area contributed by atoms with Crippen molar-refractivity contribution < 1.29 is 0 Å². The van der Waals surface area contributed by atoms with E-state index in [2.05, 4.69) is 13.8 Å². The topological polar surface area (TPSA) is 0 Å². The van der Waals surface area contributed by atoms with Crippen LogP contribution in [0.25, 0.3) is 0 Å². The average molecular weight is 144 g/mol. The second-order valence-electron chi connectivity index (χ2n) is 2.77. The van der Waals surface area contributed by atoms with Crippen molar-refractivity contribution >= 4 is 0 Å². The maximum Gasteiger partial charge on any atom is -0.0533 e. The number of rotatable bonds is 6. The van der Waals surface area contributed by atoms with Crippen LogP contribution in [0.4, 0.5) is 0 Å². The molecule has 0 aromatic rings. The van der Waals surface area contributed by atoms with Crippen molar-refractivity contribution in [2.75, 3.05) is 0 Å². The van der Waals surface area contributed by atoms with Gasteiger partial charge >= 0.3 is 0 Å². The lowest BCUT2D eigenvalue weighted by atomic mass is 10.1. The first kappa shape index (κ1) is 12.7. The summed E-state index contributed by atoms with van der Waals surface area (Å²) in [6.45, 7) is 4.53. The molecule has 0 radical (unpaired) electrons. The van der Waals surface area contributed by atoms with E-state index in [1.165, 1.54) is 44.9 Å². The first-order valence-corrected chi connectivity index (χ1v) is 4.41. The molecule has 0 saturated carbocycles. The van der Waals surface area contributed by atoms with E-state index in [9.17, 15) is 0 Å². The Hall–Kier alpha value is 0. The molecule has 64 valence electrons. The van der Waals surface area contributed by atoms with Crippen LogP contribution in [0.1, 0.15) is 66.2 Å². The van der Waals surface area contributed by atoms with Crippen LogP contribution in [-0.2, 0) is 0 Å². The van der Waals surface area contributed by atoms with Crippen molar-refractivity contribution in [3.63, 3.8) is 0 Å². The molecule has 0 N–H and O–H groups in total. The van der Waals surface area contributed by atoms with Gasteiger partial charge in [0.05, 0.1) is 0 Å². The van der Waals surface area contributed by atoms with E-state index in [0.29, 0.717) is 0 Å². The molecule has 0 atom stereocenters. The maximum absolute atomic E-state index is 2.26. The molecule has 0 bridgehead atoms. The Balaban J connectivity index is 0. The molecule has 0 rings (SSSR count). The van der Waals surface area contributed by atoms with E-state index in [4.69, 9.17) is 0 Å². The van der Waals surface area contributed by atoms with Gasteiger partial charge in [-0.05, 0) is 0 Å². The quantitative estimate of drug-likeness (QED) is 0.485. The number of hydrogen-bond acceptors (Lipinski definition) is 0. The molecule has 0 aliphatic heterocycles. The Morgan fingerprint density at radius 1 is 0.600 bits per heavy atom. The van der Waals surface area contributed by atoms with Crippen LogP contribution in [0, 0.1) is 0 Å². The Kier molecular flexibility index (Phi) is 14.9. The molecule has 0 nitrogen and oxygen atoms in total. The fourth-order valence-corrected chi connectivity index (χ4v) is 1.03. The smallest absolute Gasteiger partial charge is 0.0533 e. The third-order valence-electron chi connectivity index (χ3n) is 1.71. The second kappa shape index (κ2) is 11.8. The second-order valence-corrected chi connectivity index (χ2v) is 2.77. The molecule has 0 fully saturated rings. The number of hydrogen-bond donors (Lipinski definition) is 0. The summed E-state index contributed by atoms with van der Waals surface area (Å²) in [6, 6.07) is 0. The molecule has 0 aliphatic carbocycles. The molecule has 0 amide bonds. The van der Waals surface area contributed by atoms with Gasteiger partial charge in [-0.25, -0.2) is 0 Å². The van der Waals surface area contributed by atoms with Gasteiger partial charge in [-0.2, -0.15) is 0 Å². The molecule has 0 saturated heterocycles. The van der Waals surface area contributed by atoms with Crippen molar-refractivity contribution in [1.82, 2.24) is 0 Å². The van der Waals surface area contributed by atoms with Crippen LogP contribution in [0.2, 0.25) is 0 Å². The summed E-state index contributed by atoms with van der Waals surface area (Å²) in [4.78, 5) is 0. The zero-order valence-electron chi connectivity index (χ0n) is 6.95. The van der Waals surface area contributed by atoms with Crippen molar-refractivity contribution in [1.29, 1.82) is 0 Å². The highest BCUT2D eigenvalue weighted by Crippen LogP contribution is 2.05. The minimum atomic E-state index is 0. The molecule has 0 aliphatic rings. The maximum atomic E-state index is 2.26. The van der Waals surface area contributed by atoms with Gasteiger partial charge in [0.15, 0.2) is 0 Å². The molecule has 0 aromatic carbocycles. The predicted octanol–water partition coefficient (Wildman–Crippen LogP) is 4.39. The highest BCUT2D eigenvalue weighted by molar-refractivity contribution is 4.41. The highest BCUT2D eigenvalue weighted by atomic mass is 13.9. The molecule has 0 unspecified atom stereocenters. The summed E-state index contributed by atoms with van der Waals surface area (Å²) in [5.41, 5.74) is 0. The van der Waals surface area contributed by atoms with Crippen LogP contribution >= 0.6 is 0 Å². The minimum Gasteiger partial charge on any atom is -0.0776 e. The van der Waals surface area contributed by atoms with E-state index in [0.717, 1.165) is 0 Å². The molecule has 10 heavy (non-hydrogen) atoms. The summed E-state index contributed by atoms with van der Waals surface area (Å²) >= 11 is 0. The Morgan fingerprint density at radius 2 is 0.900 bits per heavy atom. The van der Waals surface area contributed by atoms with Crippen molar-refractivity contribution in [3.8, 4) is 0 Å². The van der Waals surface area contributed by atoms with Crippen molar-refractivity contribution in [3.05, 3.63) is 0 Å². The summed E-state index contributed by atoms with van der Waals surface area (Å²) in [5.74, 6) is 0. The lowest BCUT2D eigenvalue weighted by Crippen LogP contribution is -1.76. The minimum absolute atomic E-state index is 0. The highest BCUT2D eigenvalue weighted by Gasteiger charge is 1.85. The van der Waals surface area contributed by atoms with E-state index in [1.54, 1.807) is 0 Å². The predicted molar refractivity (Wildman–Crippen MR) is 50.4 cm³/mol. The van der Waals surface area contributed by atoms with E-state index in [-0.39, 0.29) is 7.43 Å². The Morgan fingerprint density at radius 3 is 1.20 bits per heavy atom. The van der Waals surface area contributed by atoms with Crippen LogP contribution in [0.5, 0.6) is 0 Å². The van der Waals surface area contributed by atoms with Crippen LogP contribution < -0.4 is 0 Å². The zero-order valence-corrected chi connectivity index (χ0v) is 6.95. The van der Waals surface area contributed by atoms with Gasteiger partial charge < -0.3 is 0 Å². The Labute approximate surface area is 67.0 Å². The lowest BCUT2D eigenvalue weighted by molar-refractivity contribution is 0.602. The van der Waals surface area contributed by atoms with E-state index >= 15 is 0 Å². The van der Waals surface area contributed by atoms with E-state index in [1.807, 2.05) is 0 Å². The molecule has 0 heterocycles. The first-order chi connectivity index (χ1) is 4.41. The molecule has 0 aromatic heterocycles.